The van der Waals surface area contributed by atoms with E-state index < -0.39 is 10.2 Å². The van der Waals surface area contributed by atoms with Crippen LogP contribution in [0.4, 0.5) is 0 Å². The Kier molecular flexibility index (Phi) is 4.15. The Morgan fingerprint density at radius 1 is 1.85 bits per heavy atom. The smallest absolute Gasteiger partial charge is 0.216 e. The van der Waals surface area contributed by atoms with Crippen molar-refractivity contribution in [2.45, 2.75) is 19.4 Å². The van der Waals surface area contributed by atoms with E-state index >= 15 is 0 Å². The van der Waals surface area contributed by atoms with Crippen LogP contribution >= 0.6 is 24.0 Å². The van der Waals surface area contributed by atoms with Crippen LogP contribution in [-0.2, 0) is 14.4 Å². The minimum atomic E-state index is -2.54. The Hall–Kier alpha value is 0.350. The molecule has 0 aromatic rings. The molecule has 2 atom stereocenters. The fourth-order valence-corrected chi connectivity index (χ4v) is 3.99. The van der Waals surface area contributed by atoms with Crippen LogP contribution in [0.5, 0.6) is 0 Å². The Morgan fingerprint density at radius 3 is 3.00 bits per heavy atom. The standard InChI is InChI=1S/C7H13NO2S3/c1-2-12-7(11)8-6-3-4-13(9,10)5-6/h6H,2-5H2,1H3,(H-,8,9,10,11)/p+1/t6-/m1/s1. The first-order valence-corrected chi connectivity index (χ1v) is 7.43. The van der Waals surface area contributed by atoms with Crippen molar-refractivity contribution in [3.63, 3.8) is 0 Å². The fraction of sp³-hybridized carbons (Fsp3) is 0.857. The van der Waals surface area contributed by atoms with Gasteiger partial charge in [-0.3, -0.25) is 0 Å². The summed E-state index contributed by atoms with van der Waals surface area (Å²) in [7, 11) is -2.54. The van der Waals surface area contributed by atoms with E-state index in [0.29, 0.717) is 11.5 Å². The zero-order valence-corrected chi connectivity index (χ0v) is 9.94. The van der Waals surface area contributed by atoms with Crippen molar-refractivity contribution >= 4 is 38.5 Å². The lowest BCUT2D eigenvalue weighted by Crippen LogP contribution is -2.33. The summed E-state index contributed by atoms with van der Waals surface area (Å²) in [6.07, 6.45) is 0.750. The lowest BCUT2D eigenvalue weighted by Gasteiger charge is -2.09. The Bertz CT molecular complexity index is 244. The number of thioether (sulfide) groups is 1. The first kappa shape index (κ1) is 11.4. The Morgan fingerprint density at radius 2 is 2.54 bits per heavy atom. The third kappa shape index (κ3) is 3.93. The second kappa shape index (κ2) is 4.72. The van der Waals surface area contributed by atoms with Gasteiger partial charge >= 0.3 is 0 Å². The average molecular weight is 240 g/mol. The zero-order valence-electron chi connectivity index (χ0n) is 7.49. The summed E-state index contributed by atoms with van der Waals surface area (Å²) < 4.78 is 21.2. The number of hydrogen-bond acceptors (Lipinski definition) is 3. The molecule has 0 amide bonds. The van der Waals surface area contributed by atoms with E-state index in [1.165, 1.54) is 0 Å². The second-order valence-electron chi connectivity index (χ2n) is 2.99. The molecular formula is C7H14NO2S3+. The molecule has 1 rings (SSSR count). The van der Waals surface area contributed by atoms with Gasteiger partial charge in [0.2, 0.25) is 10.2 Å². The molecule has 0 saturated carbocycles. The number of hydrogen-bond donors (Lipinski definition) is 2. The third-order valence-electron chi connectivity index (χ3n) is 1.84. The fourth-order valence-electron chi connectivity index (χ4n) is 1.26. The maximum Gasteiger partial charge on any atom is 0.216 e. The van der Waals surface area contributed by atoms with Gasteiger partial charge in [-0.1, -0.05) is 35.1 Å². The van der Waals surface area contributed by atoms with Gasteiger partial charge in [0.15, 0.2) is 5.75 Å². The molecule has 0 spiro atoms. The van der Waals surface area contributed by atoms with Crippen molar-refractivity contribution in [1.29, 1.82) is 0 Å². The number of rotatable bonds is 2. The van der Waals surface area contributed by atoms with E-state index in [2.05, 4.69) is 5.32 Å². The van der Waals surface area contributed by atoms with Crippen LogP contribution in [0.15, 0.2) is 0 Å². The minimum Gasteiger partial charge on any atom is -0.363 e. The molecule has 1 aliphatic heterocycles. The van der Waals surface area contributed by atoms with Gasteiger partial charge in [0.05, 0.1) is 6.04 Å². The van der Waals surface area contributed by atoms with Gasteiger partial charge in [0.25, 0.3) is 0 Å². The Balaban J connectivity index is 2.32. The van der Waals surface area contributed by atoms with Crippen molar-refractivity contribution in [3.05, 3.63) is 0 Å². The highest BCUT2D eigenvalue weighted by Gasteiger charge is 2.38. The summed E-state index contributed by atoms with van der Waals surface area (Å²) in [5.74, 6) is 1.69. The number of thiocarbonyl (C=S) groups is 1. The molecule has 0 aromatic carbocycles. The van der Waals surface area contributed by atoms with Crippen molar-refractivity contribution in [1.82, 2.24) is 5.32 Å². The maximum absolute atomic E-state index is 11.2. The van der Waals surface area contributed by atoms with Gasteiger partial charge < -0.3 is 5.32 Å². The van der Waals surface area contributed by atoms with Gasteiger partial charge in [0.1, 0.15) is 10.1 Å². The molecule has 6 heteroatoms. The molecule has 13 heavy (non-hydrogen) atoms. The summed E-state index contributed by atoms with van der Waals surface area (Å²) >= 11 is 6.61. The molecule has 1 unspecified atom stereocenters. The van der Waals surface area contributed by atoms with E-state index in [1.807, 2.05) is 6.92 Å². The van der Waals surface area contributed by atoms with E-state index in [0.717, 1.165) is 16.5 Å². The van der Waals surface area contributed by atoms with Crippen LogP contribution in [0.25, 0.3) is 0 Å². The van der Waals surface area contributed by atoms with E-state index in [-0.39, 0.29) is 6.04 Å². The van der Waals surface area contributed by atoms with Crippen molar-refractivity contribution < 1.29 is 8.76 Å². The lowest BCUT2D eigenvalue weighted by molar-refractivity contribution is 0.502. The third-order valence-corrected chi connectivity index (χ3v) is 4.78. The molecule has 1 saturated heterocycles. The SMILES string of the molecule is CCSC(=S)N[C@@H]1CC[S+](=O)(O)C1. The lowest BCUT2D eigenvalue weighted by atomic mass is 10.3. The zero-order chi connectivity index (χ0) is 9.90. The summed E-state index contributed by atoms with van der Waals surface area (Å²) in [6, 6.07) is 0.101. The summed E-state index contributed by atoms with van der Waals surface area (Å²) in [5, 5.41) is 3.09. The number of nitrogens with one attached hydrogen (secondary N) is 1. The van der Waals surface area contributed by atoms with Crippen LogP contribution in [0, 0.1) is 0 Å². The predicted molar refractivity (Wildman–Crippen MR) is 62.7 cm³/mol. The summed E-state index contributed by atoms with van der Waals surface area (Å²) in [5.41, 5.74) is 0. The maximum atomic E-state index is 11.2. The molecule has 0 aromatic heterocycles. The summed E-state index contributed by atoms with van der Waals surface area (Å²) in [6.45, 7) is 2.03. The van der Waals surface area contributed by atoms with Gasteiger partial charge in [-0.15, -0.1) is 0 Å². The molecule has 2 N–H and O–H groups in total. The largest absolute Gasteiger partial charge is 0.363 e. The second-order valence-corrected chi connectivity index (χ2v) is 7.22. The van der Waals surface area contributed by atoms with Gasteiger partial charge in [0, 0.05) is 6.42 Å². The van der Waals surface area contributed by atoms with Crippen molar-refractivity contribution in [3.8, 4) is 0 Å². The monoisotopic (exact) mass is 240 g/mol. The molecular weight excluding hydrogens is 226 g/mol. The highest BCUT2D eigenvalue weighted by atomic mass is 32.3. The van der Waals surface area contributed by atoms with E-state index in [4.69, 9.17) is 12.2 Å². The topological polar surface area (TPSA) is 49.3 Å². The Labute approximate surface area is 89.3 Å². The first-order chi connectivity index (χ1) is 6.03. The van der Waals surface area contributed by atoms with E-state index in [1.54, 1.807) is 11.8 Å². The minimum absolute atomic E-state index is 0.101. The average Bonchev–Trinajstić information content (AvgIpc) is 2.30. The quantitative estimate of drug-likeness (QED) is 0.564. The van der Waals surface area contributed by atoms with Crippen LogP contribution in [0.3, 0.4) is 0 Å². The van der Waals surface area contributed by atoms with Crippen LogP contribution in [0.2, 0.25) is 0 Å². The molecule has 3 nitrogen and oxygen atoms in total. The first-order valence-electron chi connectivity index (χ1n) is 4.19. The van der Waals surface area contributed by atoms with Gasteiger partial charge in [-0.05, 0) is 5.75 Å². The molecule has 0 aliphatic carbocycles. The molecule has 0 radical (unpaired) electrons. The molecule has 0 bridgehead atoms. The van der Waals surface area contributed by atoms with Crippen molar-refractivity contribution in [2.24, 2.45) is 0 Å². The highest BCUT2D eigenvalue weighted by molar-refractivity contribution is 8.22. The molecule has 1 heterocycles. The molecule has 76 valence electrons. The van der Waals surface area contributed by atoms with Crippen LogP contribution in [0.1, 0.15) is 13.3 Å². The van der Waals surface area contributed by atoms with Gasteiger partial charge in [-0.2, -0.15) is 4.55 Å². The van der Waals surface area contributed by atoms with Crippen LogP contribution in [-0.4, -0.2) is 32.2 Å². The van der Waals surface area contributed by atoms with Crippen molar-refractivity contribution in [2.75, 3.05) is 17.3 Å². The van der Waals surface area contributed by atoms with Gasteiger partial charge in [-0.25, -0.2) is 0 Å². The predicted octanol–water partition coefficient (Wildman–Crippen LogP) is 1.36. The van der Waals surface area contributed by atoms with E-state index in [9.17, 15) is 8.76 Å². The van der Waals surface area contributed by atoms with Crippen LogP contribution < -0.4 is 5.32 Å². The normalized spacial score (nSPS) is 33.2. The molecule has 1 aliphatic rings. The molecule has 1 fully saturated rings. The highest BCUT2D eigenvalue weighted by Crippen LogP contribution is 2.17. The summed E-state index contributed by atoms with van der Waals surface area (Å²) in [4.78, 5) is 0.